The molecule has 5 nitrogen and oxygen atoms in total. The van der Waals surface area contributed by atoms with E-state index in [1.54, 1.807) is 0 Å². The molecule has 3 rings (SSSR count). The van der Waals surface area contributed by atoms with Crippen molar-refractivity contribution in [2.75, 3.05) is 17.2 Å². The van der Waals surface area contributed by atoms with Crippen LogP contribution in [0.5, 0.6) is 0 Å². The topological polar surface area (TPSA) is 78.0 Å². The zero-order valence-corrected chi connectivity index (χ0v) is 13.4. The molecule has 1 unspecified atom stereocenters. The maximum Gasteiger partial charge on any atom is 0.152 e. The highest BCUT2D eigenvalue weighted by atomic mass is 32.2. The van der Waals surface area contributed by atoms with Gasteiger partial charge in [-0.3, -0.25) is 0 Å². The van der Waals surface area contributed by atoms with Gasteiger partial charge in [0.05, 0.1) is 28.1 Å². The van der Waals surface area contributed by atoms with Crippen molar-refractivity contribution < 1.29 is 8.42 Å². The van der Waals surface area contributed by atoms with E-state index in [9.17, 15) is 8.42 Å². The SMILES string of the molecule is CC(C)c1nc2cc(N)ccc2n1C1(C)CCS(=O)(=O)C1. The van der Waals surface area contributed by atoms with Crippen molar-refractivity contribution in [3.05, 3.63) is 24.0 Å². The molecule has 2 N–H and O–H groups in total. The van der Waals surface area contributed by atoms with Crippen LogP contribution in [0.2, 0.25) is 0 Å². The van der Waals surface area contributed by atoms with Gasteiger partial charge in [-0.2, -0.15) is 0 Å². The first kappa shape index (κ1) is 14.4. The number of aromatic nitrogens is 2. The van der Waals surface area contributed by atoms with Crippen molar-refractivity contribution in [2.45, 2.75) is 38.6 Å². The number of fused-ring (bicyclic) bond motifs is 1. The van der Waals surface area contributed by atoms with Crippen molar-refractivity contribution in [3.8, 4) is 0 Å². The highest BCUT2D eigenvalue weighted by molar-refractivity contribution is 7.91. The minimum Gasteiger partial charge on any atom is -0.399 e. The number of anilines is 1. The number of imidazole rings is 1. The van der Waals surface area contributed by atoms with Gasteiger partial charge in [0.25, 0.3) is 0 Å². The summed E-state index contributed by atoms with van der Waals surface area (Å²) in [5, 5.41) is 0. The molecule has 1 aliphatic rings. The van der Waals surface area contributed by atoms with Crippen LogP contribution in [0.25, 0.3) is 11.0 Å². The third-order valence-corrected chi connectivity index (χ3v) is 6.13. The molecule has 1 fully saturated rings. The van der Waals surface area contributed by atoms with Crippen molar-refractivity contribution in [1.82, 2.24) is 9.55 Å². The highest BCUT2D eigenvalue weighted by Crippen LogP contribution is 2.37. The van der Waals surface area contributed by atoms with Crippen LogP contribution in [-0.2, 0) is 15.4 Å². The molecule has 6 heteroatoms. The highest BCUT2D eigenvalue weighted by Gasteiger charge is 2.42. The molecule has 1 aromatic carbocycles. The Kier molecular flexibility index (Phi) is 3.06. The Morgan fingerprint density at radius 1 is 1.38 bits per heavy atom. The lowest BCUT2D eigenvalue weighted by atomic mass is 10.00. The number of rotatable bonds is 2. The molecule has 2 heterocycles. The van der Waals surface area contributed by atoms with Crippen LogP contribution in [0.1, 0.15) is 38.9 Å². The molecule has 0 aliphatic carbocycles. The number of nitrogens with two attached hydrogens (primary N) is 1. The molecule has 1 aliphatic heterocycles. The number of hydrogen-bond donors (Lipinski definition) is 1. The van der Waals surface area contributed by atoms with Crippen molar-refractivity contribution in [2.24, 2.45) is 0 Å². The fourth-order valence-corrected chi connectivity index (χ4v) is 5.36. The number of hydrogen-bond acceptors (Lipinski definition) is 4. The number of nitrogens with zero attached hydrogens (tertiary/aromatic N) is 2. The number of nitrogen functional groups attached to an aromatic ring is 1. The molecule has 1 atom stereocenters. The van der Waals surface area contributed by atoms with Gasteiger partial charge in [-0.15, -0.1) is 0 Å². The second kappa shape index (κ2) is 4.47. The molecular formula is C15H21N3O2S. The van der Waals surface area contributed by atoms with Gasteiger partial charge in [0.1, 0.15) is 5.82 Å². The summed E-state index contributed by atoms with van der Waals surface area (Å²) < 4.78 is 26.0. The fraction of sp³-hybridized carbons (Fsp3) is 0.533. The van der Waals surface area contributed by atoms with Gasteiger partial charge in [-0.05, 0) is 31.5 Å². The summed E-state index contributed by atoms with van der Waals surface area (Å²) in [4.78, 5) is 4.70. The zero-order valence-electron chi connectivity index (χ0n) is 12.6. The second-order valence-electron chi connectivity index (χ2n) is 6.55. The monoisotopic (exact) mass is 307 g/mol. The van der Waals surface area contributed by atoms with Gasteiger partial charge < -0.3 is 10.3 Å². The van der Waals surface area contributed by atoms with E-state index in [4.69, 9.17) is 10.7 Å². The predicted molar refractivity (Wildman–Crippen MR) is 85.2 cm³/mol. The van der Waals surface area contributed by atoms with Crippen LogP contribution < -0.4 is 5.73 Å². The zero-order chi connectivity index (χ0) is 15.4. The normalized spacial score (nSPS) is 25.0. The van der Waals surface area contributed by atoms with Crippen LogP contribution in [0.3, 0.4) is 0 Å². The number of benzene rings is 1. The molecule has 1 aromatic heterocycles. The largest absolute Gasteiger partial charge is 0.399 e. The standard InChI is InChI=1S/C15H21N3O2S/c1-10(2)14-17-12-8-11(16)4-5-13(12)18(14)15(3)6-7-21(19,20)9-15/h4-5,8,10H,6-7,9,16H2,1-3H3. The van der Waals surface area contributed by atoms with E-state index in [0.717, 1.165) is 16.9 Å². The Bertz CT molecular complexity index is 808. The van der Waals surface area contributed by atoms with E-state index in [1.165, 1.54) is 0 Å². The van der Waals surface area contributed by atoms with Gasteiger partial charge in [-0.25, -0.2) is 13.4 Å². The Hall–Kier alpha value is -1.56. The summed E-state index contributed by atoms with van der Waals surface area (Å²) in [6.07, 6.45) is 0.630. The van der Waals surface area contributed by atoms with Crippen molar-refractivity contribution in [3.63, 3.8) is 0 Å². The van der Waals surface area contributed by atoms with Gasteiger partial charge in [0.2, 0.25) is 0 Å². The average molecular weight is 307 g/mol. The summed E-state index contributed by atoms with van der Waals surface area (Å²) >= 11 is 0. The Balaban J connectivity index is 2.28. The lowest BCUT2D eigenvalue weighted by Gasteiger charge is -2.28. The smallest absolute Gasteiger partial charge is 0.152 e. The van der Waals surface area contributed by atoms with Crippen LogP contribution in [-0.4, -0.2) is 29.5 Å². The van der Waals surface area contributed by atoms with E-state index >= 15 is 0 Å². The molecule has 0 radical (unpaired) electrons. The quantitative estimate of drug-likeness (QED) is 0.863. The molecule has 114 valence electrons. The maximum absolute atomic E-state index is 12.0. The van der Waals surface area contributed by atoms with E-state index in [0.29, 0.717) is 12.1 Å². The summed E-state index contributed by atoms with van der Waals surface area (Å²) in [6.45, 7) is 6.17. The van der Waals surface area contributed by atoms with Crippen LogP contribution >= 0.6 is 0 Å². The second-order valence-corrected chi connectivity index (χ2v) is 8.73. The molecule has 1 saturated heterocycles. The molecule has 0 spiro atoms. The lowest BCUT2D eigenvalue weighted by molar-refractivity contribution is 0.359. The maximum atomic E-state index is 12.0. The summed E-state index contributed by atoms with van der Waals surface area (Å²) in [7, 11) is -2.97. The average Bonchev–Trinajstić information content (AvgIpc) is 2.87. The minimum atomic E-state index is -2.97. The van der Waals surface area contributed by atoms with Gasteiger partial charge >= 0.3 is 0 Å². The molecule has 0 saturated carbocycles. The van der Waals surface area contributed by atoms with Gasteiger partial charge in [0, 0.05) is 11.6 Å². The Morgan fingerprint density at radius 2 is 2.10 bits per heavy atom. The van der Waals surface area contributed by atoms with Crippen LogP contribution in [0.15, 0.2) is 18.2 Å². The summed E-state index contributed by atoms with van der Waals surface area (Å²) in [6, 6.07) is 5.64. The Labute approximate surface area is 125 Å². The van der Waals surface area contributed by atoms with Gasteiger partial charge in [-0.1, -0.05) is 13.8 Å². The van der Waals surface area contributed by atoms with Crippen molar-refractivity contribution in [1.29, 1.82) is 0 Å². The van der Waals surface area contributed by atoms with Crippen molar-refractivity contribution >= 4 is 26.6 Å². The fourth-order valence-electron chi connectivity index (χ4n) is 3.24. The van der Waals surface area contributed by atoms with Crippen LogP contribution in [0.4, 0.5) is 5.69 Å². The first-order valence-electron chi connectivity index (χ1n) is 7.21. The molecular weight excluding hydrogens is 286 g/mol. The van der Waals surface area contributed by atoms with E-state index < -0.39 is 15.4 Å². The third-order valence-electron chi connectivity index (χ3n) is 4.24. The molecule has 0 amide bonds. The first-order chi connectivity index (χ1) is 9.72. The predicted octanol–water partition coefficient (Wildman–Crippen LogP) is 2.28. The van der Waals surface area contributed by atoms with E-state index in [1.807, 2.05) is 25.1 Å². The summed E-state index contributed by atoms with van der Waals surface area (Å²) in [5.41, 5.74) is 7.89. The molecule has 0 bridgehead atoms. The van der Waals surface area contributed by atoms with E-state index in [2.05, 4.69) is 18.4 Å². The molecule has 21 heavy (non-hydrogen) atoms. The molecule has 2 aromatic rings. The lowest BCUT2D eigenvalue weighted by Crippen LogP contribution is -2.33. The van der Waals surface area contributed by atoms with Gasteiger partial charge in [0.15, 0.2) is 9.84 Å². The third kappa shape index (κ3) is 2.31. The minimum absolute atomic E-state index is 0.176. The summed E-state index contributed by atoms with van der Waals surface area (Å²) in [5.74, 6) is 1.57. The first-order valence-corrected chi connectivity index (χ1v) is 9.03. The van der Waals surface area contributed by atoms with E-state index in [-0.39, 0.29) is 17.4 Å². The number of sulfone groups is 1. The Morgan fingerprint density at radius 3 is 2.67 bits per heavy atom. The van der Waals surface area contributed by atoms with Crippen LogP contribution in [0, 0.1) is 0 Å².